The van der Waals surface area contributed by atoms with Gasteiger partial charge in [0.15, 0.2) is 5.65 Å². The molecule has 3 rings (SSSR count). The van der Waals surface area contributed by atoms with Crippen LogP contribution in [0.2, 0.25) is 5.02 Å². The number of hydrogen-bond acceptors (Lipinski definition) is 6. The molecule has 0 spiro atoms. The number of nitrogens with zero attached hydrogens (tertiary/aromatic N) is 3. The maximum absolute atomic E-state index is 12.6. The molecular formula is C17H19Cl2N5O2. The Labute approximate surface area is 161 Å². The molecule has 4 N–H and O–H groups in total. The minimum atomic E-state index is -0.606. The fraction of sp³-hybridized carbons (Fsp3) is 0.235. The highest BCUT2D eigenvalue weighted by atomic mass is 35.5. The molecule has 0 aliphatic heterocycles. The molecule has 0 amide bonds. The van der Waals surface area contributed by atoms with E-state index >= 15 is 0 Å². The van der Waals surface area contributed by atoms with Gasteiger partial charge in [0.25, 0.3) is 5.56 Å². The summed E-state index contributed by atoms with van der Waals surface area (Å²) in [4.78, 5) is 21.2. The van der Waals surface area contributed by atoms with Crippen molar-refractivity contribution in [2.75, 3.05) is 17.8 Å². The van der Waals surface area contributed by atoms with Crippen LogP contribution in [0.4, 0.5) is 5.95 Å². The van der Waals surface area contributed by atoms with Crippen LogP contribution in [0.15, 0.2) is 41.3 Å². The Kier molecular flexibility index (Phi) is 5.75. The van der Waals surface area contributed by atoms with Crippen LogP contribution in [0.25, 0.3) is 22.2 Å². The van der Waals surface area contributed by atoms with Crippen LogP contribution >= 0.6 is 24.0 Å². The van der Waals surface area contributed by atoms with E-state index in [1.54, 1.807) is 50.4 Å². The lowest BCUT2D eigenvalue weighted by Crippen LogP contribution is -2.36. The van der Waals surface area contributed by atoms with E-state index in [0.717, 1.165) is 4.68 Å². The third-order valence-corrected chi connectivity index (χ3v) is 4.11. The van der Waals surface area contributed by atoms with Crippen LogP contribution in [-0.4, -0.2) is 31.9 Å². The van der Waals surface area contributed by atoms with Crippen molar-refractivity contribution in [1.82, 2.24) is 14.6 Å². The zero-order valence-electron chi connectivity index (χ0n) is 14.2. The average molecular weight is 396 g/mol. The summed E-state index contributed by atoms with van der Waals surface area (Å²) in [6.07, 6.45) is 1.57. The minimum absolute atomic E-state index is 0. The van der Waals surface area contributed by atoms with Crippen molar-refractivity contribution < 1.29 is 5.11 Å². The van der Waals surface area contributed by atoms with E-state index in [1.807, 2.05) is 0 Å². The van der Waals surface area contributed by atoms with E-state index in [2.05, 4.69) is 15.3 Å². The van der Waals surface area contributed by atoms with E-state index in [4.69, 9.17) is 17.4 Å². The van der Waals surface area contributed by atoms with Crippen molar-refractivity contribution in [2.24, 2.45) is 0 Å². The normalized spacial score (nSPS) is 11.2. The third-order valence-electron chi connectivity index (χ3n) is 3.78. The first-order valence-corrected chi connectivity index (χ1v) is 8.02. The van der Waals surface area contributed by atoms with Crippen LogP contribution in [0.5, 0.6) is 0 Å². The largest absolute Gasteiger partial charge is 0.394 e. The number of hydrogen-bond donors (Lipinski definition) is 3. The first-order valence-electron chi connectivity index (χ1n) is 7.64. The smallest absolute Gasteiger partial charge is 0.278 e. The molecule has 3 aromatic rings. The second kappa shape index (κ2) is 7.49. The molecule has 1 aromatic carbocycles. The highest BCUT2D eigenvalue weighted by Crippen LogP contribution is 2.26. The molecule has 138 valence electrons. The Morgan fingerprint density at radius 3 is 2.65 bits per heavy atom. The first kappa shape index (κ1) is 20.0. The van der Waals surface area contributed by atoms with Gasteiger partial charge in [-0.2, -0.15) is 4.98 Å². The van der Waals surface area contributed by atoms with Crippen molar-refractivity contribution in [3.63, 3.8) is 0 Å². The Bertz CT molecular complexity index is 1000. The van der Waals surface area contributed by atoms with Gasteiger partial charge in [0.1, 0.15) is 0 Å². The number of nitrogen functional groups attached to an aromatic ring is 1. The highest BCUT2D eigenvalue weighted by Gasteiger charge is 2.19. The van der Waals surface area contributed by atoms with Crippen LogP contribution in [0.1, 0.15) is 13.8 Å². The van der Waals surface area contributed by atoms with Crippen molar-refractivity contribution in [1.29, 1.82) is 0 Å². The summed E-state index contributed by atoms with van der Waals surface area (Å²) in [5, 5.41) is 13.4. The molecule has 9 heteroatoms. The van der Waals surface area contributed by atoms with Crippen molar-refractivity contribution in [3.05, 3.63) is 51.9 Å². The number of pyridine rings is 1. The second-order valence-electron chi connectivity index (χ2n) is 6.35. The minimum Gasteiger partial charge on any atom is -0.394 e. The molecule has 0 saturated heterocycles. The van der Waals surface area contributed by atoms with Gasteiger partial charge in [0, 0.05) is 22.2 Å². The molecule has 2 aromatic heterocycles. The highest BCUT2D eigenvalue weighted by molar-refractivity contribution is 6.33. The maximum Gasteiger partial charge on any atom is 0.278 e. The summed E-state index contributed by atoms with van der Waals surface area (Å²) in [5.74, 6) is 6.24. The van der Waals surface area contributed by atoms with Crippen molar-refractivity contribution in [3.8, 4) is 11.1 Å². The van der Waals surface area contributed by atoms with Crippen molar-refractivity contribution in [2.45, 2.75) is 19.4 Å². The molecule has 0 radical (unpaired) electrons. The molecule has 0 fully saturated rings. The molecular weight excluding hydrogens is 377 g/mol. The lowest BCUT2D eigenvalue weighted by molar-refractivity contribution is 0.233. The van der Waals surface area contributed by atoms with E-state index < -0.39 is 11.1 Å². The summed E-state index contributed by atoms with van der Waals surface area (Å²) in [7, 11) is 0. The Balaban J connectivity index is 0.00000243. The van der Waals surface area contributed by atoms with Gasteiger partial charge in [-0.3, -0.25) is 4.79 Å². The van der Waals surface area contributed by atoms with Gasteiger partial charge in [-0.25, -0.2) is 9.66 Å². The molecule has 0 aliphatic rings. The van der Waals surface area contributed by atoms with E-state index in [9.17, 15) is 9.90 Å². The number of aliphatic hydroxyl groups excluding tert-OH is 1. The summed E-state index contributed by atoms with van der Waals surface area (Å²) >= 11 is 6.19. The Morgan fingerprint density at radius 2 is 2.00 bits per heavy atom. The summed E-state index contributed by atoms with van der Waals surface area (Å²) in [5.41, 5.74) is 0.239. The SMILES string of the molecule is CC(C)(CO)Nc1ncc2cc(-c3ccccc3Cl)c(=O)n(N)c2n1.Cl. The van der Waals surface area contributed by atoms with E-state index in [0.29, 0.717) is 21.5 Å². The lowest BCUT2D eigenvalue weighted by atomic mass is 10.1. The molecule has 0 saturated carbocycles. The first-order chi connectivity index (χ1) is 11.8. The monoisotopic (exact) mass is 395 g/mol. The fourth-order valence-electron chi connectivity index (χ4n) is 2.40. The predicted molar refractivity (Wildman–Crippen MR) is 106 cm³/mol. The Hall–Kier alpha value is -2.35. The number of anilines is 1. The quantitative estimate of drug-likeness (QED) is 0.585. The van der Waals surface area contributed by atoms with E-state index in [1.165, 1.54) is 0 Å². The molecule has 26 heavy (non-hydrogen) atoms. The van der Waals surface area contributed by atoms with Crippen LogP contribution < -0.4 is 16.7 Å². The van der Waals surface area contributed by atoms with Gasteiger partial charge in [-0.1, -0.05) is 29.8 Å². The zero-order valence-corrected chi connectivity index (χ0v) is 15.8. The second-order valence-corrected chi connectivity index (χ2v) is 6.76. The summed E-state index contributed by atoms with van der Waals surface area (Å²) < 4.78 is 0.979. The van der Waals surface area contributed by atoms with Gasteiger partial charge in [-0.05, 0) is 26.0 Å². The number of nitrogens with one attached hydrogen (secondary N) is 1. The Morgan fingerprint density at radius 1 is 1.31 bits per heavy atom. The maximum atomic E-state index is 12.6. The van der Waals surface area contributed by atoms with Crippen LogP contribution in [-0.2, 0) is 0 Å². The average Bonchev–Trinajstić information content (AvgIpc) is 2.59. The van der Waals surface area contributed by atoms with Gasteiger partial charge in [0.05, 0.1) is 17.7 Å². The van der Waals surface area contributed by atoms with Gasteiger partial charge in [0.2, 0.25) is 5.95 Å². The third kappa shape index (κ3) is 3.75. The molecule has 2 heterocycles. The number of fused-ring (bicyclic) bond motifs is 1. The number of aliphatic hydroxyl groups is 1. The number of rotatable bonds is 4. The van der Waals surface area contributed by atoms with Gasteiger partial charge < -0.3 is 16.3 Å². The number of halogens is 2. The van der Waals surface area contributed by atoms with Gasteiger partial charge in [-0.15, -0.1) is 12.4 Å². The topological polar surface area (TPSA) is 106 Å². The fourth-order valence-corrected chi connectivity index (χ4v) is 2.63. The standard InChI is InChI=1S/C17H18ClN5O2.ClH/c1-17(2,9-24)22-16-20-8-10-7-12(11-5-3-4-6-13(11)18)15(25)23(19)14(10)21-16;/h3-8,24H,9,19H2,1-2H3,(H,20,21,22);1H. The number of benzene rings is 1. The number of nitrogens with two attached hydrogens (primary N) is 1. The molecule has 0 atom stereocenters. The lowest BCUT2D eigenvalue weighted by Gasteiger charge is -2.23. The molecule has 7 nitrogen and oxygen atoms in total. The predicted octanol–water partition coefficient (Wildman–Crippen LogP) is 2.43. The van der Waals surface area contributed by atoms with E-state index in [-0.39, 0.29) is 30.6 Å². The number of aromatic nitrogens is 3. The van der Waals surface area contributed by atoms with Crippen LogP contribution in [0.3, 0.4) is 0 Å². The summed E-state index contributed by atoms with van der Waals surface area (Å²) in [6, 6.07) is 8.72. The zero-order chi connectivity index (χ0) is 18.2. The summed E-state index contributed by atoms with van der Waals surface area (Å²) in [6.45, 7) is 3.50. The molecule has 0 unspecified atom stereocenters. The molecule has 0 aliphatic carbocycles. The molecule has 0 bridgehead atoms. The van der Waals surface area contributed by atoms with Crippen LogP contribution in [0, 0.1) is 0 Å². The van der Waals surface area contributed by atoms with Gasteiger partial charge >= 0.3 is 0 Å². The van der Waals surface area contributed by atoms with Crippen molar-refractivity contribution >= 4 is 41.0 Å².